The lowest BCUT2D eigenvalue weighted by Gasteiger charge is -2.18. The Hall–Kier alpha value is -3.67. The summed E-state index contributed by atoms with van der Waals surface area (Å²) in [6, 6.07) is 17.3. The average Bonchev–Trinajstić information content (AvgIpc) is 3.24. The summed E-state index contributed by atoms with van der Waals surface area (Å²) in [7, 11) is 0. The maximum absolute atomic E-state index is 12.2. The molecule has 0 saturated carbocycles. The van der Waals surface area contributed by atoms with Gasteiger partial charge in [0, 0.05) is 5.56 Å². The number of benzene rings is 2. The lowest BCUT2D eigenvalue weighted by Crippen LogP contribution is -2.18. The van der Waals surface area contributed by atoms with E-state index in [1.807, 2.05) is 12.1 Å². The molecule has 148 valence electrons. The van der Waals surface area contributed by atoms with Gasteiger partial charge in [0.15, 0.2) is 0 Å². The average molecular weight is 390 g/mol. The van der Waals surface area contributed by atoms with Crippen molar-refractivity contribution in [3.05, 3.63) is 89.4 Å². The quantitative estimate of drug-likeness (QED) is 0.300. The zero-order valence-corrected chi connectivity index (χ0v) is 16.5. The summed E-state index contributed by atoms with van der Waals surface area (Å²) in [6.45, 7) is 6.36. The van der Waals surface area contributed by atoms with E-state index in [9.17, 15) is 9.59 Å². The summed E-state index contributed by atoms with van der Waals surface area (Å²) >= 11 is 0. The molecule has 0 aliphatic heterocycles. The third-order valence-corrected chi connectivity index (χ3v) is 4.21. The molecule has 3 rings (SSSR count). The number of hydrogen-bond donors (Lipinski definition) is 1. The highest BCUT2D eigenvalue weighted by molar-refractivity contribution is 5.95. The van der Waals surface area contributed by atoms with Crippen LogP contribution in [0.25, 0.3) is 0 Å². The van der Waals surface area contributed by atoms with Crippen LogP contribution < -0.4 is 10.2 Å². The molecular formula is C23H22N2O4. The minimum Gasteiger partial charge on any atom is -0.457 e. The van der Waals surface area contributed by atoms with Crippen molar-refractivity contribution < 1.29 is 18.7 Å². The highest BCUT2D eigenvalue weighted by atomic mass is 16.5. The number of amides is 1. The summed E-state index contributed by atoms with van der Waals surface area (Å²) in [6.07, 6.45) is 2.92. The second-order valence-electron chi connectivity index (χ2n) is 7.46. The molecule has 2 aromatic carbocycles. The first-order chi connectivity index (χ1) is 13.8. The normalized spacial score (nSPS) is 11.4. The van der Waals surface area contributed by atoms with Gasteiger partial charge in [-0.3, -0.25) is 4.79 Å². The lowest BCUT2D eigenvalue weighted by atomic mass is 9.87. The SMILES string of the molecule is CC(C)(C)c1ccc(C(=O)N/N=C/c2ccc(OC(=O)c3ccco3)cc2)cc1. The molecule has 0 spiro atoms. The predicted molar refractivity (Wildman–Crippen MR) is 110 cm³/mol. The standard InChI is InChI=1S/C23H22N2O4/c1-23(2,3)18-10-8-17(9-11-18)21(26)25-24-15-16-6-12-19(13-7-16)29-22(27)20-5-4-14-28-20/h4-15H,1-3H3,(H,25,26)/b24-15+. The smallest absolute Gasteiger partial charge is 0.379 e. The van der Waals surface area contributed by atoms with Crippen molar-refractivity contribution in [2.75, 3.05) is 0 Å². The van der Waals surface area contributed by atoms with E-state index >= 15 is 0 Å². The van der Waals surface area contributed by atoms with Gasteiger partial charge in [-0.05, 0) is 65.1 Å². The second kappa shape index (κ2) is 8.56. The van der Waals surface area contributed by atoms with Gasteiger partial charge in [0.1, 0.15) is 5.75 Å². The Bertz CT molecular complexity index is 997. The van der Waals surface area contributed by atoms with Crippen molar-refractivity contribution in [1.82, 2.24) is 5.43 Å². The Morgan fingerprint density at radius 1 is 1.00 bits per heavy atom. The lowest BCUT2D eigenvalue weighted by molar-refractivity contribution is 0.0701. The Kier molecular flexibility index (Phi) is 5.93. The number of hydrogen-bond acceptors (Lipinski definition) is 5. The number of carbonyl (C=O) groups excluding carboxylic acids is 2. The van der Waals surface area contributed by atoms with E-state index in [1.165, 1.54) is 18.5 Å². The van der Waals surface area contributed by atoms with Gasteiger partial charge in [0.25, 0.3) is 5.91 Å². The van der Waals surface area contributed by atoms with Crippen molar-refractivity contribution in [2.45, 2.75) is 26.2 Å². The summed E-state index contributed by atoms with van der Waals surface area (Å²) in [5.41, 5.74) is 4.97. The van der Waals surface area contributed by atoms with Gasteiger partial charge in [-0.25, -0.2) is 10.2 Å². The van der Waals surface area contributed by atoms with E-state index in [0.29, 0.717) is 11.3 Å². The van der Waals surface area contributed by atoms with E-state index in [1.54, 1.807) is 42.5 Å². The molecule has 0 radical (unpaired) electrons. The van der Waals surface area contributed by atoms with Gasteiger partial charge in [-0.15, -0.1) is 0 Å². The van der Waals surface area contributed by atoms with Crippen molar-refractivity contribution in [3.63, 3.8) is 0 Å². The second-order valence-corrected chi connectivity index (χ2v) is 7.46. The fourth-order valence-electron chi connectivity index (χ4n) is 2.53. The van der Waals surface area contributed by atoms with E-state index in [2.05, 4.69) is 31.3 Å². The zero-order chi connectivity index (χ0) is 20.9. The third kappa shape index (κ3) is 5.42. The number of hydrazone groups is 1. The molecule has 6 nitrogen and oxygen atoms in total. The zero-order valence-electron chi connectivity index (χ0n) is 16.5. The van der Waals surface area contributed by atoms with Crippen molar-refractivity contribution in [3.8, 4) is 5.75 Å². The number of esters is 1. The Morgan fingerprint density at radius 2 is 1.69 bits per heavy atom. The summed E-state index contributed by atoms with van der Waals surface area (Å²) in [5.74, 6) is -0.340. The highest BCUT2D eigenvalue weighted by Crippen LogP contribution is 2.22. The molecule has 1 heterocycles. The molecular weight excluding hydrogens is 368 g/mol. The molecule has 3 aromatic rings. The first-order valence-corrected chi connectivity index (χ1v) is 9.12. The Morgan fingerprint density at radius 3 is 2.28 bits per heavy atom. The van der Waals surface area contributed by atoms with Gasteiger partial charge in [0.05, 0.1) is 12.5 Å². The molecule has 6 heteroatoms. The molecule has 0 saturated heterocycles. The van der Waals surface area contributed by atoms with E-state index in [4.69, 9.17) is 9.15 Å². The van der Waals surface area contributed by atoms with Gasteiger partial charge in [-0.2, -0.15) is 5.10 Å². The number of ether oxygens (including phenoxy) is 1. The van der Waals surface area contributed by atoms with Crippen LogP contribution in [0.5, 0.6) is 5.75 Å². The maximum atomic E-state index is 12.2. The molecule has 0 fully saturated rings. The first kappa shape index (κ1) is 20.1. The fourth-order valence-corrected chi connectivity index (χ4v) is 2.53. The number of nitrogens with zero attached hydrogens (tertiary/aromatic N) is 1. The minimum atomic E-state index is -0.568. The Balaban J connectivity index is 1.54. The monoisotopic (exact) mass is 390 g/mol. The largest absolute Gasteiger partial charge is 0.457 e. The van der Waals surface area contributed by atoms with Crippen molar-refractivity contribution in [2.24, 2.45) is 5.10 Å². The van der Waals surface area contributed by atoms with Crippen molar-refractivity contribution >= 4 is 18.1 Å². The topological polar surface area (TPSA) is 80.9 Å². The number of rotatable bonds is 5. The first-order valence-electron chi connectivity index (χ1n) is 9.12. The maximum Gasteiger partial charge on any atom is 0.379 e. The van der Waals surface area contributed by atoms with E-state index in [-0.39, 0.29) is 17.1 Å². The Labute approximate surface area is 169 Å². The van der Waals surface area contributed by atoms with Crippen LogP contribution in [-0.2, 0) is 5.41 Å². The van der Waals surface area contributed by atoms with Crippen LogP contribution in [0.15, 0.2) is 76.4 Å². The van der Waals surface area contributed by atoms with Crippen molar-refractivity contribution in [1.29, 1.82) is 0 Å². The van der Waals surface area contributed by atoms with Crippen LogP contribution >= 0.6 is 0 Å². The summed E-state index contributed by atoms with van der Waals surface area (Å²) in [5, 5.41) is 3.97. The summed E-state index contributed by atoms with van der Waals surface area (Å²) < 4.78 is 10.2. The van der Waals surface area contributed by atoms with Crippen LogP contribution in [0.3, 0.4) is 0 Å². The molecule has 0 atom stereocenters. The van der Waals surface area contributed by atoms with Crippen LogP contribution in [0.1, 0.15) is 52.8 Å². The molecule has 0 aliphatic rings. The fraction of sp³-hybridized carbons (Fsp3) is 0.174. The molecule has 1 amide bonds. The number of furan rings is 1. The van der Waals surface area contributed by atoms with Crippen LogP contribution in [-0.4, -0.2) is 18.1 Å². The summed E-state index contributed by atoms with van der Waals surface area (Å²) in [4.78, 5) is 24.0. The molecule has 0 unspecified atom stereocenters. The van der Waals surface area contributed by atoms with Gasteiger partial charge < -0.3 is 9.15 Å². The minimum absolute atomic E-state index is 0.0333. The van der Waals surface area contributed by atoms with Gasteiger partial charge >= 0.3 is 5.97 Å². The molecule has 0 aliphatic carbocycles. The highest BCUT2D eigenvalue weighted by Gasteiger charge is 2.14. The van der Waals surface area contributed by atoms with Crippen LogP contribution in [0, 0.1) is 0 Å². The number of carbonyl (C=O) groups is 2. The molecule has 29 heavy (non-hydrogen) atoms. The molecule has 1 aromatic heterocycles. The van der Waals surface area contributed by atoms with E-state index < -0.39 is 5.97 Å². The van der Waals surface area contributed by atoms with Gasteiger partial charge in [0.2, 0.25) is 5.76 Å². The molecule has 1 N–H and O–H groups in total. The number of nitrogens with one attached hydrogen (secondary N) is 1. The molecule has 0 bridgehead atoms. The third-order valence-electron chi connectivity index (χ3n) is 4.21. The predicted octanol–water partition coefficient (Wildman–Crippen LogP) is 4.56. The van der Waals surface area contributed by atoms with E-state index in [0.717, 1.165) is 11.1 Å². The van der Waals surface area contributed by atoms with Gasteiger partial charge in [-0.1, -0.05) is 32.9 Å². The van der Waals surface area contributed by atoms with Crippen LogP contribution in [0.2, 0.25) is 0 Å². The van der Waals surface area contributed by atoms with Crippen LogP contribution in [0.4, 0.5) is 0 Å².